The Morgan fingerprint density at radius 3 is 2.31 bits per heavy atom. The van der Waals surface area contributed by atoms with Crippen LogP contribution in [0.25, 0.3) is 5.76 Å². The molecule has 4 rings (SSSR count). The molecule has 1 aliphatic rings. The van der Waals surface area contributed by atoms with Gasteiger partial charge >= 0.3 is 5.97 Å². The van der Waals surface area contributed by atoms with Gasteiger partial charge in [0, 0.05) is 12.6 Å². The third-order valence-electron chi connectivity index (χ3n) is 5.64. The first-order valence-electron chi connectivity index (χ1n) is 10.3. The van der Waals surface area contributed by atoms with Crippen LogP contribution in [0.1, 0.15) is 33.3 Å². The predicted molar refractivity (Wildman–Crippen MR) is 125 cm³/mol. The number of hydrogen-bond donors (Lipinski definition) is 2. The molecule has 0 aliphatic carbocycles. The standard InChI is InChI=1S/C25H20ClNO8/c1-33-18-11-16(26)19(34-2)10-15(18)22(28)20-21(17-4-3-9-35-17)27(24(30)23(20)29)12-13-5-7-14(8-6-13)25(31)32/h3-11,21,28H,12H2,1-2H3,(H,31,32)/b22-20+. The average molecular weight is 498 g/mol. The molecule has 2 N–H and O–H groups in total. The second-order valence-corrected chi connectivity index (χ2v) is 8.04. The second-order valence-electron chi connectivity index (χ2n) is 7.63. The molecule has 35 heavy (non-hydrogen) atoms. The number of aliphatic hydroxyl groups excluding tert-OH is 1. The molecule has 1 amide bonds. The van der Waals surface area contributed by atoms with Crippen molar-refractivity contribution in [1.82, 2.24) is 4.90 Å². The minimum absolute atomic E-state index is 0.0340. The van der Waals surface area contributed by atoms with Crippen molar-refractivity contribution in [3.8, 4) is 11.5 Å². The van der Waals surface area contributed by atoms with Gasteiger partial charge in [-0.1, -0.05) is 23.7 Å². The number of benzene rings is 2. The molecule has 1 aromatic heterocycles. The fourth-order valence-electron chi connectivity index (χ4n) is 3.93. The van der Waals surface area contributed by atoms with Crippen molar-refractivity contribution in [1.29, 1.82) is 0 Å². The quantitative estimate of drug-likeness (QED) is 0.281. The van der Waals surface area contributed by atoms with Crippen LogP contribution in [0.3, 0.4) is 0 Å². The summed E-state index contributed by atoms with van der Waals surface area (Å²) in [6.45, 7) is -0.0340. The molecule has 1 atom stereocenters. The topological polar surface area (TPSA) is 127 Å². The number of ketones is 1. The van der Waals surface area contributed by atoms with E-state index in [-0.39, 0.29) is 45.5 Å². The third-order valence-corrected chi connectivity index (χ3v) is 5.93. The molecule has 1 unspecified atom stereocenters. The van der Waals surface area contributed by atoms with Crippen molar-refractivity contribution in [2.75, 3.05) is 14.2 Å². The number of carboxylic acids is 1. The first-order valence-corrected chi connectivity index (χ1v) is 10.7. The van der Waals surface area contributed by atoms with Crippen molar-refractivity contribution in [3.63, 3.8) is 0 Å². The van der Waals surface area contributed by atoms with Crippen LogP contribution in [0.2, 0.25) is 5.02 Å². The van der Waals surface area contributed by atoms with Gasteiger partial charge in [-0.15, -0.1) is 0 Å². The van der Waals surface area contributed by atoms with Gasteiger partial charge in [-0.25, -0.2) is 4.79 Å². The van der Waals surface area contributed by atoms with Crippen LogP contribution in [0.5, 0.6) is 11.5 Å². The maximum atomic E-state index is 13.2. The van der Waals surface area contributed by atoms with Gasteiger partial charge in [0.1, 0.15) is 29.1 Å². The molecule has 0 radical (unpaired) electrons. The number of carbonyl (C=O) groups excluding carboxylic acids is 2. The summed E-state index contributed by atoms with van der Waals surface area (Å²) in [6, 6.07) is 10.9. The molecule has 10 heteroatoms. The highest BCUT2D eigenvalue weighted by molar-refractivity contribution is 6.46. The highest BCUT2D eigenvalue weighted by atomic mass is 35.5. The Morgan fingerprint density at radius 2 is 1.74 bits per heavy atom. The molecule has 0 spiro atoms. The monoisotopic (exact) mass is 497 g/mol. The smallest absolute Gasteiger partial charge is 0.335 e. The van der Waals surface area contributed by atoms with Crippen molar-refractivity contribution < 1.29 is 38.5 Å². The summed E-state index contributed by atoms with van der Waals surface area (Å²) < 4.78 is 16.1. The maximum Gasteiger partial charge on any atom is 0.335 e. The summed E-state index contributed by atoms with van der Waals surface area (Å²) in [6.07, 6.45) is 1.39. The van der Waals surface area contributed by atoms with Crippen LogP contribution in [0, 0.1) is 0 Å². The number of hydrogen-bond acceptors (Lipinski definition) is 7. The Labute approximate surface area is 204 Å². The minimum atomic E-state index is -1.08. The number of aromatic carboxylic acids is 1. The van der Waals surface area contributed by atoms with Crippen molar-refractivity contribution >= 4 is 35.0 Å². The predicted octanol–water partition coefficient (Wildman–Crippen LogP) is 4.27. The van der Waals surface area contributed by atoms with Crippen LogP contribution in [-0.4, -0.2) is 47.0 Å². The number of furan rings is 1. The van der Waals surface area contributed by atoms with Crippen molar-refractivity contribution in [2.24, 2.45) is 0 Å². The Morgan fingerprint density at radius 1 is 1.06 bits per heavy atom. The van der Waals surface area contributed by atoms with E-state index in [0.29, 0.717) is 5.56 Å². The maximum absolute atomic E-state index is 13.2. The molecule has 3 aromatic rings. The van der Waals surface area contributed by atoms with E-state index in [1.807, 2.05) is 0 Å². The van der Waals surface area contributed by atoms with Gasteiger partial charge in [0.2, 0.25) is 0 Å². The van der Waals surface area contributed by atoms with Gasteiger partial charge in [-0.3, -0.25) is 9.59 Å². The van der Waals surface area contributed by atoms with Crippen molar-refractivity contribution in [3.05, 3.63) is 87.8 Å². The lowest BCUT2D eigenvalue weighted by atomic mass is 9.98. The number of amides is 1. The number of carbonyl (C=O) groups is 3. The molecular formula is C25H20ClNO8. The van der Waals surface area contributed by atoms with E-state index in [9.17, 15) is 19.5 Å². The summed E-state index contributed by atoms with van der Waals surface area (Å²) in [5, 5.41) is 20.6. The average Bonchev–Trinajstić information content (AvgIpc) is 3.46. The zero-order chi connectivity index (χ0) is 25.3. The van der Waals surface area contributed by atoms with Gasteiger partial charge in [0.05, 0.1) is 42.2 Å². The van der Waals surface area contributed by atoms with E-state index >= 15 is 0 Å². The van der Waals surface area contributed by atoms with Crippen LogP contribution < -0.4 is 9.47 Å². The van der Waals surface area contributed by atoms with Crippen LogP contribution in [-0.2, 0) is 16.1 Å². The molecule has 9 nitrogen and oxygen atoms in total. The lowest BCUT2D eigenvalue weighted by Gasteiger charge is -2.23. The number of methoxy groups -OCH3 is 2. The summed E-state index contributed by atoms with van der Waals surface area (Å²) in [5.74, 6) is -2.68. The van der Waals surface area contributed by atoms with Crippen LogP contribution in [0.15, 0.2) is 64.8 Å². The van der Waals surface area contributed by atoms with E-state index in [0.717, 1.165) is 0 Å². The zero-order valence-electron chi connectivity index (χ0n) is 18.6. The number of carboxylic acid groups (broad SMARTS) is 1. The Bertz CT molecular complexity index is 1330. The Hall–Kier alpha value is -4.24. The second kappa shape index (κ2) is 9.55. The number of aliphatic hydroxyl groups is 1. The molecule has 0 saturated carbocycles. The number of Topliss-reactive ketones (excluding diaryl/α,β-unsaturated/α-hetero) is 1. The number of halogens is 1. The summed E-state index contributed by atoms with van der Waals surface area (Å²) in [4.78, 5) is 38.7. The zero-order valence-corrected chi connectivity index (χ0v) is 19.4. The first kappa shape index (κ1) is 23.9. The van der Waals surface area contributed by atoms with E-state index in [1.165, 1.54) is 49.6 Å². The molecule has 2 heterocycles. The summed E-state index contributed by atoms with van der Waals surface area (Å²) in [7, 11) is 2.77. The molecule has 2 aromatic carbocycles. The largest absolute Gasteiger partial charge is 0.507 e. The SMILES string of the molecule is COc1cc(/C(O)=C2\C(=O)C(=O)N(Cc3ccc(C(=O)O)cc3)C2c2ccco2)c(OC)cc1Cl. The number of nitrogens with zero attached hydrogens (tertiary/aromatic N) is 1. The van der Waals surface area contributed by atoms with Gasteiger partial charge < -0.3 is 29.0 Å². The van der Waals surface area contributed by atoms with E-state index in [4.69, 9.17) is 30.6 Å². The number of rotatable bonds is 7. The Kier molecular flexibility index (Phi) is 6.52. The van der Waals surface area contributed by atoms with Crippen molar-refractivity contribution in [2.45, 2.75) is 12.6 Å². The minimum Gasteiger partial charge on any atom is -0.507 e. The molecule has 0 bridgehead atoms. The van der Waals surface area contributed by atoms with Gasteiger partial charge in [0.25, 0.3) is 11.7 Å². The fourth-order valence-corrected chi connectivity index (χ4v) is 4.16. The number of likely N-dealkylation sites (tertiary alicyclic amines) is 1. The van der Waals surface area contributed by atoms with Gasteiger partial charge in [-0.05, 0) is 35.9 Å². The molecule has 1 fully saturated rings. The highest BCUT2D eigenvalue weighted by Crippen LogP contribution is 2.43. The Balaban J connectivity index is 1.84. The van der Waals surface area contributed by atoms with Crippen LogP contribution in [0.4, 0.5) is 0 Å². The molecule has 180 valence electrons. The molecule has 1 aliphatic heterocycles. The first-order chi connectivity index (χ1) is 16.8. The van der Waals surface area contributed by atoms with Gasteiger partial charge in [0.15, 0.2) is 0 Å². The highest BCUT2D eigenvalue weighted by Gasteiger charge is 2.47. The number of ether oxygens (including phenoxy) is 2. The fraction of sp³-hybridized carbons (Fsp3) is 0.160. The van der Waals surface area contributed by atoms with Crippen LogP contribution >= 0.6 is 11.6 Å². The normalized spacial score (nSPS) is 17.0. The van der Waals surface area contributed by atoms with E-state index in [1.54, 1.807) is 24.3 Å². The third kappa shape index (κ3) is 4.33. The van der Waals surface area contributed by atoms with Gasteiger partial charge in [-0.2, -0.15) is 0 Å². The summed E-state index contributed by atoms with van der Waals surface area (Å²) >= 11 is 6.17. The molecular weight excluding hydrogens is 478 g/mol. The molecule has 1 saturated heterocycles. The lowest BCUT2D eigenvalue weighted by molar-refractivity contribution is -0.140. The lowest BCUT2D eigenvalue weighted by Crippen LogP contribution is -2.29. The van der Waals surface area contributed by atoms with E-state index < -0.39 is 29.5 Å². The van der Waals surface area contributed by atoms with E-state index in [2.05, 4.69) is 0 Å². The summed E-state index contributed by atoms with van der Waals surface area (Å²) in [5.41, 5.74) is 0.574.